The second kappa shape index (κ2) is 11.7. The van der Waals surface area contributed by atoms with Crippen LogP contribution in [-0.4, -0.2) is 163 Å². The second-order valence-electron chi connectivity index (χ2n) is 2.82. The van der Waals surface area contributed by atoms with Gasteiger partial charge in [0, 0.05) is 0 Å². The zero-order valence-electron chi connectivity index (χ0n) is 8.16. The van der Waals surface area contributed by atoms with Crippen LogP contribution in [0.1, 0.15) is 0 Å². The molecule has 0 saturated carbocycles. The van der Waals surface area contributed by atoms with Crippen LogP contribution in [0.5, 0.6) is 0 Å². The molecule has 1 heterocycles. The first-order valence-electron chi connectivity index (χ1n) is 3.98. The summed E-state index contributed by atoms with van der Waals surface area (Å²) < 4.78 is 13.2. The molecule has 0 fully saturated rings. The molecule has 1 rings (SSSR count). The minimum absolute atomic E-state index is 0. The molecule has 0 aromatic heterocycles. The van der Waals surface area contributed by atoms with Gasteiger partial charge in [0.2, 0.25) is 5.76 Å². The monoisotopic (exact) mass is 354 g/mol. The van der Waals surface area contributed by atoms with Crippen molar-refractivity contribution in [3.63, 3.8) is 0 Å². The van der Waals surface area contributed by atoms with Crippen molar-refractivity contribution < 1.29 is 49.2 Å². The Morgan fingerprint density at radius 1 is 1.21 bits per heavy atom. The topological polar surface area (TPSA) is 185 Å². The molecule has 0 spiro atoms. The molecule has 0 radical (unpaired) electrons. The third-order valence-electron chi connectivity index (χ3n) is 1.48. The van der Waals surface area contributed by atoms with Crippen LogP contribution in [0.2, 0.25) is 0 Å². The molecule has 13 heteroatoms. The molecule has 1 unspecified atom stereocenters. The molecule has 2 atom stereocenters. The van der Waals surface area contributed by atoms with Gasteiger partial charge in [0.15, 0.2) is 11.9 Å². The van der Waals surface area contributed by atoms with Gasteiger partial charge in [-0.2, -0.15) is 0 Å². The summed E-state index contributed by atoms with van der Waals surface area (Å²) in [6, 6.07) is 0. The van der Waals surface area contributed by atoms with Gasteiger partial charge in [0.05, 0.1) is 6.61 Å². The number of cyclic esters (lactones) is 1. The summed E-state index contributed by atoms with van der Waals surface area (Å²) in [7, 11) is -4.64. The molecule has 0 bridgehead atoms. The van der Waals surface area contributed by atoms with Gasteiger partial charge in [-0.15, -0.1) is 0 Å². The third-order valence-corrected chi connectivity index (χ3v) is 1.48. The van der Waals surface area contributed by atoms with Crippen LogP contribution < -0.4 is 0 Å². The van der Waals surface area contributed by atoms with E-state index in [9.17, 15) is 4.79 Å². The van der Waals surface area contributed by atoms with Gasteiger partial charge < -0.3 is 39.8 Å². The normalized spacial score (nSPS) is 19.4. The zero-order chi connectivity index (χ0) is 13.8. The molecule has 0 amide bonds. The molecule has 1 aliphatic rings. The van der Waals surface area contributed by atoms with E-state index in [1.165, 1.54) is 0 Å². The number of phosphoric acid groups is 1. The first-order chi connectivity index (χ1) is 7.57. The summed E-state index contributed by atoms with van der Waals surface area (Å²) in [5.74, 6) is -2.78. The van der Waals surface area contributed by atoms with Gasteiger partial charge in [-0.05, 0) is 0 Å². The SMILES string of the molecule is O=C1O[C@H](C(O)CO)C(O)=C1O.O=P(O)(O)O.[KH].[KH]. The maximum absolute atomic E-state index is 10.5. The number of aliphatic hydroxyl groups excluding tert-OH is 4. The Balaban J connectivity index is -0.000000320. The molecule has 19 heavy (non-hydrogen) atoms. The van der Waals surface area contributed by atoms with Crippen molar-refractivity contribution in [3.05, 3.63) is 11.5 Å². The van der Waals surface area contributed by atoms with Crippen LogP contribution in [-0.2, 0) is 14.1 Å². The summed E-state index contributed by atoms with van der Waals surface area (Å²) in [6.45, 7) is -0.671. The Labute approximate surface area is 192 Å². The fourth-order valence-corrected chi connectivity index (χ4v) is 0.823. The number of hydrogen-bond donors (Lipinski definition) is 7. The standard InChI is InChI=1S/C6H8O6.2K.H3O4P.2H/c7-1-2(8)5-3(9)4(10)6(11)12-5;;;1-5(2,3)4;;/h2,5,7-10H,1H2;;;(H3,1,2,3,4);;/t2?,5-;;;;;/m1...../s1. The molecular formula is C6H13K2O10P. The quantitative estimate of drug-likeness (QED) is 0.148. The molecule has 104 valence electrons. The van der Waals surface area contributed by atoms with E-state index >= 15 is 0 Å². The van der Waals surface area contributed by atoms with Gasteiger partial charge in [0.25, 0.3) is 0 Å². The number of ether oxygens (including phenoxy) is 1. The van der Waals surface area contributed by atoms with Crippen LogP contribution in [0.25, 0.3) is 0 Å². The maximum atomic E-state index is 10.5. The Bertz CT molecular complexity index is 357. The predicted molar refractivity (Wildman–Crippen MR) is 63.8 cm³/mol. The summed E-state index contributed by atoms with van der Waals surface area (Å²) in [5.41, 5.74) is 0. The van der Waals surface area contributed by atoms with Gasteiger partial charge in [-0.3, -0.25) is 0 Å². The van der Waals surface area contributed by atoms with E-state index in [1.807, 2.05) is 0 Å². The Morgan fingerprint density at radius 3 is 1.79 bits per heavy atom. The first-order valence-corrected chi connectivity index (χ1v) is 5.54. The summed E-state index contributed by atoms with van der Waals surface area (Å²) in [5, 5.41) is 35.0. The van der Waals surface area contributed by atoms with E-state index in [4.69, 9.17) is 39.7 Å². The van der Waals surface area contributed by atoms with Crippen molar-refractivity contribution in [1.82, 2.24) is 0 Å². The second-order valence-corrected chi connectivity index (χ2v) is 3.85. The Hall–Kier alpha value is 2.11. The summed E-state index contributed by atoms with van der Waals surface area (Å²) >= 11 is 0. The molecular weight excluding hydrogens is 341 g/mol. The minimum atomic E-state index is -4.64. The van der Waals surface area contributed by atoms with Gasteiger partial charge in [-0.25, -0.2) is 9.36 Å². The first kappa shape index (κ1) is 26.0. The van der Waals surface area contributed by atoms with E-state index in [2.05, 4.69) is 4.74 Å². The van der Waals surface area contributed by atoms with Gasteiger partial charge in [-0.1, -0.05) is 0 Å². The fraction of sp³-hybridized carbons (Fsp3) is 0.500. The van der Waals surface area contributed by atoms with Crippen LogP contribution in [0.4, 0.5) is 0 Å². The molecule has 1 aliphatic heterocycles. The zero-order valence-corrected chi connectivity index (χ0v) is 9.06. The summed E-state index contributed by atoms with van der Waals surface area (Å²) in [6.07, 6.45) is -2.78. The van der Waals surface area contributed by atoms with Crippen molar-refractivity contribution >= 4 is 117 Å². The summed E-state index contributed by atoms with van der Waals surface area (Å²) in [4.78, 5) is 32.1. The van der Waals surface area contributed by atoms with Crippen LogP contribution in [0, 0.1) is 0 Å². The average Bonchev–Trinajstić information content (AvgIpc) is 2.42. The van der Waals surface area contributed by atoms with E-state index in [1.54, 1.807) is 0 Å². The number of esters is 1. The van der Waals surface area contributed by atoms with Crippen molar-refractivity contribution in [1.29, 1.82) is 0 Å². The van der Waals surface area contributed by atoms with Gasteiger partial charge in [0.1, 0.15) is 6.10 Å². The fourth-order valence-electron chi connectivity index (χ4n) is 0.823. The van der Waals surface area contributed by atoms with Crippen LogP contribution >= 0.6 is 7.82 Å². The van der Waals surface area contributed by atoms with Gasteiger partial charge >= 0.3 is 117 Å². The van der Waals surface area contributed by atoms with E-state index in [-0.39, 0.29) is 103 Å². The number of carbonyl (C=O) groups is 1. The van der Waals surface area contributed by atoms with Crippen molar-refractivity contribution in [2.75, 3.05) is 6.61 Å². The Kier molecular flexibility index (Phi) is 16.0. The van der Waals surface area contributed by atoms with Crippen molar-refractivity contribution in [2.45, 2.75) is 12.2 Å². The van der Waals surface area contributed by atoms with E-state index in [0.29, 0.717) is 0 Å². The molecule has 0 aromatic carbocycles. The number of hydrogen-bond acceptors (Lipinski definition) is 7. The third kappa shape index (κ3) is 11.3. The van der Waals surface area contributed by atoms with Crippen molar-refractivity contribution in [2.24, 2.45) is 0 Å². The molecule has 0 aliphatic carbocycles. The number of aliphatic hydroxyl groups is 4. The van der Waals surface area contributed by atoms with Crippen LogP contribution in [0.15, 0.2) is 11.5 Å². The van der Waals surface area contributed by atoms with Crippen LogP contribution in [0.3, 0.4) is 0 Å². The Morgan fingerprint density at radius 2 is 1.58 bits per heavy atom. The molecule has 0 saturated heterocycles. The predicted octanol–water partition coefficient (Wildman–Crippen LogP) is -3.63. The number of rotatable bonds is 2. The molecule has 7 N–H and O–H groups in total. The average molecular weight is 354 g/mol. The molecule has 0 aromatic rings. The van der Waals surface area contributed by atoms with Crippen molar-refractivity contribution in [3.8, 4) is 0 Å². The molecule has 10 nitrogen and oxygen atoms in total. The van der Waals surface area contributed by atoms with E-state index in [0.717, 1.165) is 0 Å². The number of carbonyl (C=O) groups excluding carboxylic acids is 1. The van der Waals surface area contributed by atoms with E-state index < -0.39 is 44.1 Å².